The lowest BCUT2D eigenvalue weighted by Crippen LogP contribution is -2.21. The molecule has 1 saturated carbocycles. The number of rotatable bonds is 4. The molecule has 0 aromatic carbocycles. The van der Waals surface area contributed by atoms with Crippen molar-refractivity contribution in [3.8, 4) is 0 Å². The van der Waals surface area contributed by atoms with Gasteiger partial charge < -0.3 is 5.32 Å². The van der Waals surface area contributed by atoms with Crippen LogP contribution in [0.3, 0.4) is 0 Å². The van der Waals surface area contributed by atoms with Gasteiger partial charge in [-0.25, -0.2) is 9.97 Å². The third kappa shape index (κ3) is 3.56. The summed E-state index contributed by atoms with van der Waals surface area (Å²) in [6, 6.07) is 0. The number of anilines is 1. The minimum Gasteiger partial charge on any atom is -0.368 e. The Kier molecular flexibility index (Phi) is 4.60. The van der Waals surface area contributed by atoms with E-state index in [4.69, 9.17) is 11.6 Å². The molecule has 1 N–H and O–H groups in total. The van der Waals surface area contributed by atoms with Crippen LogP contribution in [0.15, 0.2) is 12.5 Å². The van der Waals surface area contributed by atoms with E-state index in [-0.39, 0.29) is 0 Å². The molecule has 0 bridgehead atoms. The molecule has 0 saturated heterocycles. The first-order valence-corrected chi connectivity index (χ1v) is 6.86. The highest BCUT2D eigenvalue weighted by molar-refractivity contribution is 6.32. The van der Waals surface area contributed by atoms with Crippen molar-refractivity contribution in [2.24, 2.45) is 11.8 Å². The summed E-state index contributed by atoms with van der Waals surface area (Å²) in [4.78, 5) is 8.02. The fourth-order valence-corrected chi connectivity index (χ4v) is 2.70. The normalized spacial score (nSPS) is 24.6. The molecule has 0 aliphatic heterocycles. The monoisotopic (exact) mass is 253 g/mol. The van der Waals surface area contributed by atoms with Gasteiger partial charge >= 0.3 is 0 Å². The van der Waals surface area contributed by atoms with Crippen molar-refractivity contribution >= 4 is 17.4 Å². The molecule has 1 aliphatic rings. The molecule has 0 unspecified atom stereocenters. The minimum absolute atomic E-state index is 0.606. The molecule has 1 fully saturated rings. The van der Waals surface area contributed by atoms with Gasteiger partial charge in [0.15, 0.2) is 0 Å². The average molecular weight is 254 g/mol. The predicted molar refractivity (Wildman–Crippen MR) is 71.3 cm³/mol. The van der Waals surface area contributed by atoms with Crippen LogP contribution in [0, 0.1) is 11.8 Å². The maximum Gasteiger partial charge on any atom is 0.148 e. The summed E-state index contributed by atoms with van der Waals surface area (Å²) < 4.78 is 0. The topological polar surface area (TPSA) is 37.8 Å². The van der Waals surface area contributed by atoms with Gasteiger partial charge in [-0.15, -0.1) is 0 Å². The van der Waals surface area contributed by atoms with E-state index in [1.165, 1.54) is 38.4 Å². The maximum absolute atomic E-state index is 6.00. The van der Waals surface area contributed by atoms with E-state index >= 15 is 0 Å². The molecular formula is C13H20ClN3. The first-order chi connectivity index (χ1) is 8.29. The van der Waals surface area contributed by atoms with Crippen LogP contribution in [0.1, 0.15) is 39.0 Å². The summed E-state index contributed by atoms with van der Waals surface area (Å²) in [6.45, 7) is 3.27. The highest BCUT2D eigenvalue weighted by Crippen LogP contribution is 2.30. The Hall–Kier alpha value is -0.830. The standard InChI is InChI=1S/C13H20ClN3/c1-2-10-3-5-11(6-4-10)7-16-13-12(14)8-15-9-17-13/h8-11H,2-7H2,1H3,(H,15,16,17). The molecule has 1 aliphatic carbocycles. The zero-order valence-electron chi connectivity index (χ0n) is 10.3. The van der Waals surface area contributed by atoms with Crippen LogP contribution in [-0.2, 0) is 0 Å². The van der Waals surface area contributed by atoms with Crippen molar-refractivity contribution in [1.29, 1.82) is 0 Å². The molecule has 0 radical (unpaired) electrons. The van der Waals surface area contributed by atoms with E-state index in [9.17, 15) is 0 Å². The second kappa shape index (κ2) is 6.20. The van der Waals surface area contributed by atoms with E-state index in [1.54, 1.807) is 6.20 Å². The molecule has 3 nitrogen and oxygen atoms in total. The van der Waals surface area contributed by atoms with Gasteiger partial charge in [0.05, 0.1) is 6.20 Å². The summed E-state index contributed by atoms with van der Waals surface area (Å²) >= 11 is 6.00. The molecule has 94 valence electrons. The quantitative estimate of drug-likeness (QED) is 0.888. The second-order valence-electron chi connectivity index (χ2n) is 4.90. The zero-order chi connectivity index (χ0) is 12.1. The van der Waals surface area contributed by atoms with Gasteiger partial charge in [0.25, 0.3) is 0 Å². The van der Waals surface area contributed by atoms with Crippen molar-refractivity contribution in [2.45, 2.75) is 39.0 Å². The van der Waals surface area contributed by atoms with Crippen molar-refractivity contribution in [3.05, 3.63) is 17.5 Å². The molecule has 2 rings (SSSR count). The second-order valence-corrected chi connectivity index (χ2v) is 5.30. The number of aromatic nitrogens is 2. The molecule has 4 heteroatoms. The number of nitrogens with one attached hydrogen (secondary N) is 1. The first kappa shape index (κ1) is 12.6. The Morgan fingerprint density at radius 3 is 2.65 bits per heavy atom. The van der Waals surface area contributed by atoms with Gasteiger partial charge in [-0.05, 0) is 24.7 Å². The smallest absolute Gasteiger partial charge is 0.148 e. The first-order valence-electron chi connectivity index (χ1n) is 6.49. The van der Waals surface area contributed by atoms with Crippen LogP contribution < -0.4 is 5.32 Å². The number of nitrogens with zero attached hydrogens (tertiary/aromatic N) is 2. The van der Waals surface area contributed by atoms with Crippen molar-refractivity contribution in [1.82, 2.24) is 9.97 Å². The van der Waals surface area contributed by atoms with Crippen LogP contribution in [0.4, 0.5) is 5.82 Å². The molecule has 0 atom stereocenters. The highest BCUT2D eigenvalue weighted by Gasteiger charge is 2.19. The number of hydrogen-bond donors (Lipinski definition) is 1. The van der Waals surface area contributed by atoms with Crippen molar-refractivity contribution in [2.75, 3.05) is 11.9 Å². The van der Waals surface area contributed by atoms with Crippen LogP contribution in [0.25, 0.3) is 0 Å². The third-order valence-electron chi connectivity index (χ3n) is 3.77. The minimum atomic E-state index is 0.606. The van der Waals surface area contributed by atoms with Crippen LogP contribution in [0.2, 0.25) is 5.02 Å². The van der Waals surface area contributed by atoms with Gasteiger partial charge in [-0.2, -0.15) is 0 Å². The summed E-state index contributed by atoms with van der Waals surface area (Å²) in [7, 11) is 0. The Bertz CT molecular complexity index is 348. The number of hydrogen-bond acceptors (Lipinski definition) is 3. The molecule has 17 heavy (non-hydrogen) atoms. The summed E-state index contributed by atoms with van der Waals surface area (Å²) in [6.07, 6.45) is 9.90. The zero-order valence-corrected chi connectivity index (χ0v) is 11.1. The molecule has 1 heterocycles. The van der Waals surface area contributed by atoms with E-state index < -0.39 is 0 Å². The highest BCUT2D eigenvalue weighted by atomic mass is 35.5. The molecule has 0 spiro atoms. The van der Waals surface area contributed by atoms with E-state index in [1.807, 2.05) is 0 Å². The predicted octanol–water partition coefficient (Wildman–Crippen LogP) is 3.76. The van der Waals surface area contributed by atoms with Crippen molar-refractivity contribution in [3.63, 3.8) is 0 Å². The van der Waals surface area contributed by atoms with Crippen LogP contribution >= 0.6 is 11.6 Å². The lowest BCUT2D eigenvalue weighted by Gasteiger charge is -2.28. The van der Waals surface area contributed by atoms with E-state index in [0.29, 0.717) is 5.02 Å². The van der Waals surface area contributed by atoms with Crippen LogP contribution in [0.5, 0.6) is 0 Å². The molecular weight excluding hydrogens is 234 g/mol. The van der Waals surface area contributed by atoms with Gasteiger partial charge in [0.2, 0.25) is 0 Å². The molecule has 1 aromatic heterocycles. The SMILES string of the molecule is CCC1CCC(CNc2ncncc2Cl)CC1. The Morgan fingerprint density at radius 2 is 2.00 bits per heavy atom. The third-order valence-corrected chi connectivity index (χ3v) is 4.05. The summed E-state index contributed by atoms with van der Waals surface area (Å²) in [5.41, 5.74) is 0. The summed E-state index contributed by atoms with van der Waals surface area (Å²) in [5, 5.41) is 3.94. The number of halogens is 1. The lowest BCUT2D eigenvalue weighted by atomic mass is 9.81. The van der Waals surface area contributed by atoms with Crippen molar-refractivity contribution < 1.29 is 0 Å². The Labute approximate surface area is 108 Å². The Morgan fingerprint density at radius 1 is 1.29 bits per heavy atom. The fourth-order valence-electron chi connectivity index (χ4n) is 2.53. The lowest BCUT2D eigenvalue weighted by molar-refractivity contribution is 0.278. The van der Waals surface area contributed by atoms with Gasteiger partial charge in [-0.3, -0.25) is 0 Å². The van der Waals surface area contributed by atoms with Gasteiger partial charge in [-0.1, -0.05) is 37.8 Å². The molecule has 0 amide bonds. The van der Waals surface area contributed by atoms with E-state index in [0.717, 1.165) is 24.2 Å². The largest absolute Gasteiger partial charge is 0.368 e. The van der Waals surface area contributed by atoms with E-state index in [2.05, 4.69) is 22.2 Å². The van der Waals surface area contributed by atoms with Gasteiger partial charge in [0.1, 0.15) is 17.2 Å². The maximum atomic E-state index is 6.00. The Balaban J connectivity index is 1.78. The average Bonchev–Trinajstić information content (AvgIpc) is 2.38. The van der Waals surface area contributed by atoms with Gasteiger partial charge in [0, 0.05) is 6.54 Å². The van der Waals surface area contributed by atoms with Crippen LogP contribution in [-0.4, -0.2) is 16.5 Å². The molecule has 1 aromatic rings. The fraction of sp³-hybridized carbons (Fsp3) is 0.692. The summed E-state index contributed by atoms with van der Waals surface area (Å²) in [5.74, 6) is 2.48.